The second kappa shape index (κ2) is 7.77. The quantitative estimate of drug-likeness (QED) is 0.786. The maximum atomic E-state index is 9.31. The van der Waals surface area contributed by atoms with Gasteiger partial charge >= 0.3 is 0 Å². The highest BCUT2D eigenvalue weighted by atomic mass is 16.3. The average molecular weight is 282 g/mol. The summed E-state index contributed by atoms with van der Waals surface area (Å²) < 4.78 is 0. The van der Waals surface area contributed by atoms with Crippen LogP contribution in [0.2, 0.25) is 0 Å². The van der Waals surface area contributed by atoms with Crippen LogP contribution in [0.25, 0.3) is 0 Å². The summed E-state index contributed by atoms with van der Waals surface area (Å²) in [6.45, 7) is 6.38. The molecule has 118 valence electrons. The van der Waals surface area contributed by atoms with Gasteiger partial charge in [0.15, 0.2) is 0 Å². The van der Waals surface area contributed by atoms with Crippen molar-refractivity contribution in [3.05, 3.63) is 0 Å². The van der Waals surface area contributed by atoms with E-state index in [0.29, 0.717) is 18.1 Å². The first kappa shape index (κ1) is 16.3. The molecule has 1 unspecified atom stereocenters. The van der Waals surface area contributed by atoms with E-state index in [1.165, 1.54) is 58.0 Å². The summed E-state index contributed by atoms with van der Waals surface area (Å²) >= 11 is 0. The number of hydrogen-bond donors (Lipinski definition) is 2. The Labute approximate surface area is 125 Å². The van der Waals surface area contributed by atoms with E-state index in [1.807, 2.05) is 0 Å². The van der Waals surface area contributed by atoms with Gasteiger partial charge < -0.3 is 10.4 Å². The smallest absolute Gasteiger partial charge is 0.0445 e. The molecule has 1 saturated carbocycles. The molecule has 1 atom stereocenters. The van der Waals surface area contributed by atoms with Crippen LogP contribution in [0.5, 0.6) is 0 Å². The van der Waals surface area contributed by atoms with Crippen LogP contribution in [0.15, 0.2) is 0 Å². The Kier molecular flexibility index (Phi) is 6.31. The van der Waals surface area contributed by atoms with Crippen LogP contribution in [0.1, 0.15) is 58.3 Å². The van der Waals surface area contributed by atoms with Crippen molar-refractivity contribution in [2.24, 2.45) is 11.3 Å². The molecule has 2 N–H and O–H groups in total. The predicted octanol–water partition coefficient (Wildman–Crippen LogP) is 2.64. The van der Waals surface area contributed by atoms with Gasteiger partial charge in [0.2, 0.25) is 0 Å². The van der Waals surface area contributed by atoms with E-state index >= 15 is 0 Å². The van der Waals surface area contributed by atoms with Gasteiger partial charge in [0.25, 0.3) is 0 Å². The van der Waals surface area contributed by atoms with E-state index in [4.69, 9.17) is 0 Å². The first-order chi connectivity index (χ1) is 9.69. The fourth-order valence-corrected chi connectivity index (χ4v) is 4.32. The van der Waals surface area contributed by atoms with Gasteiger partial charge in [-0.2, -0.15) is 0 Å². The Bertz CT molecular complexity index is 272. The van der Waals surface area contributed by atoms with Crippen LogP contribution >= 0.6 is 0 Å². The lowest BCUT2D eigenvalue weighted by Gasteiger charge is -2.46. The van der Waals surface area contributed by atoms with Crippen molar-refractivity contribution >= 4 is 0 Å². The SMILES string of the molecule is CNCC1(CN2CCCCC2CCO)CCC(C)CC1. The van der Waals surface area contributed by atoms with Crippen molar-refractivity contribution in [3.63, 3.8) is 0 Å². The van der Waals surface area contributed by atoms with E-state index in [1.54, 1.807) is 0 Å². The molecule has 3 nitrogen and oxygen atoms in total. The minimum Gasteiger partial charge on any atom is -0.396 e. The molecular weight excluding hydrogens is 248 g/mol. The highest BCUT2D eigenvalue weighted by Gasteiger charge is 2.37. The summed E-state index contributed by atoms with van der Waals surface area (Å²) in [7, 11) is 2.10. The zero-order valence-electron chi connectivity index (χ0n) is 13.5. The van der Waals surface area contributed by atoms with Gasteiger partial charge in [-0.05, 0) is 57.0 Å². The second-order valence-corrected chi connectivity index (χ2v) is 7.35. The van der Waals surface area contributed by atoms with Crippen molar-refractivity contribution in [2.75, 3.05) is 33.3 Å². The molecule has 0 aromatic rings. The number of aliphatic hydroxyl groups is 1. The Hall–Kier alpha value is -0.120. The van der Waals surface area contributed by atoms with E-state index < -0.39 is 0 Å². The molecule has 0 aromatic heterocycles. The lowest BCUT2D eigenvalue weighted by atomic mass is 9.70. The van der Waals surface area contributed by atoms with Crippen LogP contribution in [0.4, 0.5) is 0 Å². The van der Waals surface area contributed by atoms with Crippen molar-refractivity contribution in [1.29, 1.82) is 0 Å². The summed E-state index contributed by atoms with van der Waals surface area (Å²) in [5.41, 5.74) is 0.478. The molecule has 3 heteroatoms. The van der Waals surface area contributed by atoms with Gasteiger partial charge in [-0.25, -0.2) is 0 Å². The topological polar surface area (TPSA) is 35.5 Å². The minimum absolute atomic E-state index is 0.344. The van der Waals surface area contributed by atoms with Crippen LogP contribution < -0.4 is 5.32 Å². The monoisotopic (exact) mass is 282 g/mol. The lowest BCUT2D eigenvalue weighted by molar-refractivity contribution is 0.0383. The van der Waals surface area contributed by atoms with Crippen LogP contribution in [-0.2, 0) is 0 Å². The molecule has 0 radical (unpaired) electrons. The van der Waals surface area contributed by atoms with Gasteiger partial charge in [-0.1, -0.05) is 26.2 Å². The molecule has 2 fully saturated rings. The van der Waals surface area contributed by atoms with Gasteiger partial charge in [0.05, 0.1) is 0 Å². The van der Waals surface area contributed by atoms with Gasteiger partial charge in [0.1, 0.15) is 0 Å². The molecule has 0 bridgehead atoms. The average Bonchev–Trinajstić information content (AvgIpc) is 2.45. The summed E-state index contributed by atoms with van der Waals surface area (Å²) in [6, 6.07) is 0.627. The largest absolute Gasteiger partial charge is 0.396 e. The Morgan fingerprint density at radius 3 is 2.60 bits per heavy atom. The molecule has 0 amide bonds. The van der Waals surface area contributed by atoms with Gasteiger partial charge in [-0.15, -0.1) is 0 Å². The maximum Gasteiger partial charge on any atom is 0.0445 e. The molecule has 0 spiro atoms. The first-order valence-electron chi connectivity index (χ1n) is 8.68. The van der Waals surface area contributed by atoms with E-state index in [9.17, 15) is 5.11 Å². The Morgan fingerprint density at radius 1 is 1.20 bits per heavy atom. The second-order valence-electron chi connectivity index (χ2n) is 7.35. The van der Waals surface area contributed by atoms with Crippen LogP contribution in [-0.4, -0.2) is 49.3 Å². The third-order valence-corrected chi connectivity index (χ3v) is 5.64. The zero-order valence-corrected chi connectivity index (χ0v) is 13.5. The highest BCUT2D eigenvalue weighted by molar-refractivity contribution is 4.91. The number of nitrogens with one attached hydrogen (secondary N) is 1. The lowest BCUT2D eigenvalue weighted by Crippen LogP contribution is -2.50. The van der Waals surface area contributed by atoms with Crippen molar-refractivity contribution in [3.8, 4) is 0 Å². The van der Waals surface area contributed by atoms with Crippen LogP contribution in [0.3, 0.4) is 0 Å². The minimum atomic E-state index is 0.344. The van der Waals surface area contributed by atoms with Crippen molar-refractivity contribution < 1.29 is 5.11 Å². The molecule has 1 heterocycles. The summed E-state index contributed by atoms with van der Waals surface area (Å²) in [4.78, 5) is 2.70. The number of rotatable bonds is 6. The molecule has 2 rings (SSSR count). The van der Waals surface area contributed by atoms with E-state index in [-0.39, 0.29) is 0 Å². The predicted molar refractivity (Wildman–Crippen MR) is 84.9 cm³/mol. The molecule has 1 saturated heterocycles. The molecule has 1 aliphatic carbocycles. The van der Waals surface area contributed by atoms with Crippen molar-refractivity contribution in [1.82, 2.24) is 10.2 Å². The molecular formula is C17H34N2O. The molecule has 2 aliphatic rings. The summed E-state index contributed by atoms with van der Waals surface area (Å²) in [5, 5.41) is 12.8. The zero-order chi connectivity index (χ0) is 14.4. The molecule has 0 aromatic carbocycles. The maximum absolute atomic E-state index is 9.31. The van der Waals surface area contributed by atoms with Crippen molar-refractivity contribution in [2.45, 2.75) is 64.3 Å². The van der Waals surface area contributed by atoms with E-state index in [2.05, 4.69) is 24.2 Å². The Balaban J connectivity index is 1.98. The molecule has 20 heavy (non-hydrogen) atoms. The number of piperidine rings is 1. The third-order valence-electron chi connectivity index (χ3n) is 5.64. The van der Waals surface area contributed by atoms with Gasteiger partial charge in [-0.3, -0.25) is 4.90 Å². The number of aliphatic hydroxyl groups excluding tert-OH is 1. The fourth-order valence-electron chi connectivity index (χ4n) is 4.32. The first-order valence-corrected chi connectivity index (χ1v) is 8.68. The number of hydrogen-bond acceptors (Lipinski definition) is 3. The highest BCUT2D eigenvalue weighted by Crippen LogP contribution is 2.40. The number of nitrogens with zero attached hydrogens (tertiary/aromatic N) is 1. The summed E-state index contributed by atoms with van der Waals surface area (Å²) in [5.74, 6) is 0.912. The van der Waals surface area contributed by atoms with E-state index in [0.717, 1.165) is 18.9 Å². The standard InChI is InChI=1S/C17H34N2O/c1-15-6-9-17(10-7-15,13-18-2)14-19-11-4-3-5-16(19)8-12-20/h15-16,18,20H,3-14H2,1-2H3. The van der Waals surface area contributed by atoms with Gasteiger partial charge in [0, 0.05) is 25.7 Å². The summed E-state index contributed by atoms with van der Waals surface area (Å²) in [6.07, 6.45) is 10.5. The Morgan fingerprint density at radius 2 is 1.95 bits per heavy atom. The number of likely N-dealkylation sites (tertiary alicyclic amines) is 1. The third kappa shape index (κ3) is 4.19. The normalized spacial score (nSPS) is 36.1. The van der Waals surface area contributed by atoms with Crippen LogP contribution in [0, 0.1) is 11.3 Å². The molecule has 1 aliphatic heterocycles. The fraction of sp³-hybridized carbons (Fsp3) is 1.00.